The zero-order valence-electron chi connectivity index (χ0n) is 9.53. The number of hydrogen-bond donors (Lipinski definition) is 1. The molecule has 0 spiro atoms. The second-order valence-corrected chi connectivity index (χ2v) is 5.04. The van der Waals surface area contributed by atoms with Gasteiger partial charge >= 0.3 is 5.97 Å². The van der Waals surface area contributed by atoms with E-state index in [1.807, 2.05) is 33.0 Å². The molecule has 0 aromatic carbocycles. The lowest BCUT2D eigenvalue weighted by Crippen LogP contribution is -2.59. The average Bonchev–Trinajstić information content (AvgIpc) is 1.99. The van der Waals surface area contributed by atoms with E-state index in [0.717, 1.165) is 0 Å². The van der Waals surface area contributed by atoms with Crippen LogP contribution in [0.15, 0.2) is 12.2 Å². The van der Waals surface area contributed by atoms with Gasteiger partial charge in [0.05, 0.1) is 5.92 Å². The summed E-state index contributed by atoms with van der Waals surface area (Å²) >= 11 is 0. The number of nitrogens with zero attached hydrogens (tertiary/aromatic N) is 1. The van der Waals surface area contributed by atoms with Crippen molar-refractivity contribution in [2.45, 2.75) is 38.8 Å². The number of rotatable bonds is 1. The smallest absolute Gasteiger partial charge is 0.312 e. The van der Waals surface area contributed by atoms with Crippen LogP contribution in [0, 0.1) is 5.92 Å². The molecule has 1 heterocycles. The first-order valence-electron chi connectivity index (χ1n) is 4.85. The lowest BCUT2D eigenvalue weighted by molar-refractivity contribution is -0.145. The van der Waals surface area contributed by atoms with Crippen molar-refractivity contribution >= 4 is 5.97 Å². The van der Waals surface area contributed by atoms with E-state index in [4.69, 9.17) is 5.11 Å². The lowest BCUT2D eigenvalue weighted by Gasteiger charge is -2.50. The van der Waals surface area contributed by atoms with Gasteiger partial charge in [0.15, 0.2) is 0 Å². The van der Waals surface area contributed by atoms with E-state index in [2.05, 4.69) is 18.7 Å². The van der Waals surface area contributed by atoms with Crippen LogP contribution in [0.1, 0.15) is 27.7 Å². The summed E-state index contributed by atoms with van der Waals surface area (Å²) in [6, 6.07) is 0. The zero-order valence-corrected chi connectivity index (χ0v) is 9.53. The molecule has 0 saturated carbocycles. The van der Waals surface area contributed by atoms with E-state index >= 15 is 0 Å². The molecule has 1 rings (SSSR count). The van der Waals surface area contributed by atoms with Crippen molar-refractivity contribution in [1.29, 1.82) is 0 Å². The summed E-state index contributed by atoms with van der Waals surface area (Å²) in [4.78, 5) is 13.2. The maximum absolute atomic E-state index is 11.0. The van der Waals surface area contributed by atoms with Crippen molar-refractivity contribution in [1.82, 2.24) is 4.90 Å². The van der Waals surface area contributed by atoms with Crippen LogP contribution in [-0.4, -0.2) is 34.1 Å². The molecular formula is C11H19NO2. The van der Waals surface area contributed by atoms with Crippen molar-refractivity contribution in [3.05, 3.63) is 12.2 Å². The number of aliphatic carboxylic acids is 1. The maximum Gasteiger partial charge on any atom is 0.312 e. The van der Waals surface area contributed by atoms with Crippen molar-refractivity contribution in [3.63, 3.8) is 0 Å². The molecule has 0 radical (unpaired) electrons. The minimum atomic E-state index is -0.756. The van der Waals surface area contributed by atoms with Gasteiger partial charge < -0.3 is 5.11 Å². The molecule has 0 saturated heterocycles. The molecule has 0 bridgehead atoms. The van der Waals surface area contributed by atoms with Gasteiger partial charge in [-0.25, -0.2) is 0 Å². The molecule has 1 aliphatic heterocycles. The Morgan fingerprint density at radius 3 is 2.29 bits per heavy atom. The first-order valence-corrected chi connectivity index (χ1v) is 4.85. The maximum atomic E-state index is 11.0. The van der Waals surface area contributed by atoms with Crippen LogP contribution < -0.4 is 0 Å². The fourth-order valence-corrected chi connectivity index (χ4v) is 2.01. The zero-order chi connectivity index (χ0) is 11.1. The predicted octanol–water partition coefficient (Wildman–Crippen LogP) is 1.75. The molecule has 1 atom stereocenters. The molecule has 80 valence electrons. The summed E-state index contributed by atoms with van der Waals surface area (Å²) in [5.41, 5.74) is -0.417. The lowest BCUT2D eigenvalue weighted by atomic mass is 9.78. The molecule has 1 aliphatic rings. The fraction of sp³-hybridized carbons (Fsp3) is 0.727. The summed E-state index contributed by atoms with van der Waals surface area (Å²) in [5.74, 6) is -1.19. The Kier molecular flexibility index (Phi) is 2.48. The van der Waals surface area contributed by atoms with E-state index in [-0.39, 0.29) is 11.1 Å². The van der Waals surface area contributed by atoms with Gasteiger partial charge in [-0.3, -0.25) is 9.69 Å². The van der Waals surface area contributed by atoms with E-state index in [0.29, 0.717) is 0 Å². The van der Waals surface area contributed by atoms with Crippen LogP contribution in [0.5, 0.6) is 0 Å². The predicted molar refractivity (Wildman–Crippen MR) is 56.2 cm³/mol. The van der Waals surface area contributed by atoms with Crippen molar-refractivity contribution in [2.24, 2.45) is 5.92 Å². The van der Waals surface area contributed by atoms with Crippen LogP contribution in [0.25, 0.3) is 0 Å². The highest BCUT2D eigenvalue weighted by molar-refractivity contribution is 5.74. The summed E-state index contributed by atoms with van der Waals surface area (Å²) in [6.07, 6.45) is 3.78. The van der Waals surface area contributed by atoms with E-state index in [1.54, 1.807) is 0 Å². The number of carbonyl (C=O) groups is 1. The Balaban J connectivity index is 3.13. The highest BCUT2D eigenvalue weighted by atomic mass is 16.4. The molecule has 0 aromatic rings. The first-order chi connectivity index (χ1) is 6.19. The van der Waals surface area contributed by atoms with Crippen molar-refractivity contribution in [3.8, 4) is 0 Å². The minimum absolute atomic E-state index is 0.0740. The second kappa shape index (κ2) is 3.09. The third kappa shape index (κ3) is 1.57. The molecule has 1 unspecified atom stereocenters. The van der Waals surface area contributed by atoms with Crippen LogP contribution in [0.4, 0.5) is 0 Å². The van der Waals surface area contributed by atoms with Gasteiger partial charge in [-0.2, -0.15) is 0 Å². The highest BCUT2D eigenvalue weighted by Gasteiger charge is 2.44. The molecule has 1 N–H and O–H groups in total. The Hall–Kier alpha value is -0.830. The summed E-state index contributed by atoms with van der Waals surface area (Å²) in [5, 5.41) is 9.08. The SMILES string of the molecule is CN1C(C)(C)C=CC(C(=O)O)C1(C)C. The third-order valence-corrected chi connectivity index (χ3v) is 3.45. The third-order valence-electron chi connectivity index (χ3n) is 3.45. The average molecular weight is 197 g/mol. The largest absolute Gasteiger partial charge is 0.481 e. The molecule has 3 heteroatoms. The highest BCUT2D eigenvalue weighted by Crippen LogP contribution is 2.36. The van der Waals surface area contributed by atoms with Gasteiger partial charge in [0, 0.05) is 11.1 Å². The van der Waals surface area contributed by atoms with Crippen LogP contribution in [0.3, 0.4) is 0 Å². The quantitative estimate of drug-likeness (QED) is 0.651. The van der Waals surface area contributed by atoms with Crippen LogP contribution >= 0.6 is 0 Å². The van der Waals surface area contributed by atoms with Gasteiger partial charge in [-0.05, 0) is 34.7 Å². The van der Waals surface area contributed by atoms with E-state index in [9.17, 15) is 4.79 Å². The molecule has 14 heavy (non-hydrogen) atoms. The topological polar surface area (TPSA) is 40.5 Å². The van der Waals surface area contributed by atoms with Gasteiger partial charge in [0.1, 0.15) is 0 Å². The number of carboxylic acids is 1. The number of likely N-dealkylation sites (N-methyl/N-ethyl adjacent to an activating group) is 1. The molecule has 3 nitrogen and oxygen atoms in total. The standard InChI is InChI=1S/C11H19NO2/c1-10(2)7-6-8(9(13)14)11(3,4)12(10)5/h6-8H,1-5H3,(H,13,14). The summed E-state index contributed by atoms with van der Waals surface area (Å²) in [7, 11) is 1.97. The number of carboxylic acid groups (broad SMARTS) is 1. The normalized spacial score (nSPS) is 30.2. The first kappa shape index (κ1) is 11.2. The van der Waals surface area contributed by atoms with Crippen LogP contribution in [0.2, 0.25) is 0 Å². The molecule has 0 aliphatic carbocycles. The van der Waals surface area contributed by atoms with Crippen molar-refractivity contribution < 1.29 is 9.90 Å². The Morgan fingerprint density at radius 1 is 1.36 bits per heavy atom. The Bertz CT molecular complexity index is 279. The fourth-order valence-electron chi connectivity index (χ4n) is 2.01. The minimum Gasteiger partial charge on any atom is -0.481 e. The van der Waals surface area contributed by atoms with E-state index < -0.39 is 11.9 Å². The van der Waals surface area contributed by atoms with Crippen LogP contribution in [-0.2, 0) is 4.79 Å². The molecule has 0 amide bonds. The van der Waals surface area contributed by atoms with Gasteiger partial charge in [0.25, 0.3) is 0 Å². The number of hydrogen-bond acceptors (Lipinski definition) is 2. The van der Waals surface area contributed by atoms with Gasteiger partial charge in [0.2, 0.25) is 0 Å². The Labute approximate surface area is 85.4 Å². The molecule has 0 fully saturated rings. The summed E-state index contributed by atoms with van der Waals surface area (Å²) < 4.78 is 0. The monoisotopic (exact) mass is 197 g/mol. The molecular weight excluding hydrogens is 178 g/mol. The second-order valence-electron chi connectivity index (χ2n) is 5.04. The molecule has 0 aromatic heterocycles. The van der Waals surface area contributed by atoms with E-state index in [1.165, 1.54) is 0 Å². The van der Waals surface area contributed by atoms with Crippen molar-refractivity contribution in [2.75, 3.05) is 7.05 Å². The van der Waals surface area contributed by atoms with Gasteiger partial charge in [-0.1, -0.05) is 12.2 Å². The Morgan fingerprint density at radius 2 is 1.86 bits per heavy atom. The summed E-state index contributed by atoms with van der Waals surface area (Å²) in [6.45, 7) is 8.11. The van der Waals surface area contributed by atoms with Gasteiger partial charge in [-0.15, -0.1) is 0 Å².